The summed E-state index contributed by atoms with van der Waals surface area (Å²) in [7, 11) is 0. The molecule has 0 spiro atoms. The molecule has 1 atom stereocenters. The molecule has 0 saturated carbocycles. The number of nitrogens with zero attached hydrogens (tertiary/aromatic N) is 3. The van der Waals surface area contributed by atoms with Crippen LogP contribution in [0.3, 0.4) is 0 Å². The second-order valence-corrected chi connectivity index (χ2v) is 6.16. The number of halogens is 1. The molecule has 0 bridgehead atoms. The van der Waals surface area contributed by atoms with Crippen molar-refractivity contribution in [2.45, 2.75) is 26.8 Å². The van der Waals surface area contributed by atoms with Crippen LogP contribution in [0.2, 0.25) is 0 Å². The highest BCUT2D eigenvalue weighted by molar-refractivity contribution is 9.10. The molecule has 104 valence electrons. The molecule has 0 aliphatic rings. The Morgan fingerprint density at radius 2 is 2.15 bits per heavy atom. The van der Waals surface area contributed by atoms with Gasteiger partial charge in [-0.2, -0.15) is 0 Å². The van der Waals surface area contributed by atoms with E-state index >= 15 is 0 Å². The van der Waals surface area contributed by atoms with Crippen molar-refractivity contribution < 1.29 is 0 Å². The fourth-order valence-corrected chi connectivity index (χ4v) is 2.78. The number of anilines is 1. The average Bonchev–Trinajstić information content (AvgIpc) is 2.75. The molecule has 0 saturated heterocycles. The molecule has 0 amide bonds. The number of rotatable bonds is 3. The van der Waals surface area contributed by atoms with E-state index in [0.717, 1.165) is 39.4 Å². The molecule has 2 heterocycles. The van der Waals surface area contributed by atoms with Crippen LogP contribution in [0.1, 0.15) is 20.3 Å². The van der Waals surface area contributed by atoms with Crippen LogP contribution in [0, 0.1) is 5.92 Å². The third-order valence-corrected chi connectivity index (χ3v) is 4.25. The van der Waals surface area contributed by atoms with Crippen molar-refractivity contribution in [3.63, 3.8) is 0 Å². The van der Waals surface area contributed by atoms with Crippen LogP contribution in [0.4, 0.5) is 5.95 Å². The lowest BCUT2D eigenvalue weighted by atomic mass is 10.1. The van der Waals surface area contributed by atoms with Gasteiger partial charge in [0, 0.05) is 16.4 Å². The number of fused-ring (bicyclic) bond motifs is 3. The maximum Gasteiger partial charge on any atom is 0.201 e. The van der Waals surface area contributed by atoms with E-state index < -0.39 is 0 Å². The zero-order chi connectivity index (χ0) is 14.3. The Morgan fingerprint density at radius 3 is 2.90 bits per heavy atom. The van der Waals surface area contributed by atoms with Crippen molar-refractivity contribution in [2.75, 3.05) is 5.73 Å². The van der Waals surface area contributed by atoms with Crippen LogP contribution in [-0.4, -0.2) is 14.5 Å². The number of pyridine rings is 1. The van der Waals surface area contributed by atoms with E-state index in [0.29, 0.717) is 11.9 Å². The lowest BCUT2D eigenvalue weighted by Gasteiger charge is -2.12. The highest BCUT2D eigenvalue weighted by atomic mass is 79.9. The third-order valence-electron chi connectivity index (χ3n) is 3.76. The van der Waals surface area contributed by atoms with E-state index in [1.165, 1.54) is 0 Å². The Bertz CT molecular complexity index is 778. The fourth-order valence-electron chi connectivity index (χ4n) is 2.43. The predicted octanol–water partition coefficient (Wildman–Crippen LogP) is 3.98. The number of nitrogen functional groups attached to an aromatic ring is 1. The number of benzene rings is 1. The highest BCUT2D eigenvalue weighted by Crippen LogP contribution is 2.28. The SMILES string of the molecule is CCC(C)Cn1c(N)nc2cnc3cc(Br)ccc3c21. The molecule has 4 nitrogen and oxygen atoms in total. The minimum Gasteiger partial charge on any atom is -0.369 e. The van der Waals surface area contributed by atoms with Gasteiger partial charge in [-0.3, -0.25) is 4.98 Å². The second-order valence-electron chi connectivity index (χ2n) is 5.25. The molecular weight excluding hydrogens is 316 g/mol. The van der Waals surface area contributed by atoms with Gasteiger partial charge in [0.2, 0.25) is 5.95 Å². The van der Waals surface area contributed by atoms with Gasteiger partial charge < -0.3 is 10.3 Å². The third kappa shape index (κ3) is 2.16. The normalized spacial score (nSPS) is 13.2. The molecule has 3 rings (SSSR count). The van der Waals surface area contributed by atoms with Crippen molar-refractivity contribution in [3.05, 3.63) is 28.9 Å². The van der Waals surface area contributed by atoms with Gasteiger partial charge >= 0.3 is 0 Å². The molecule has 0 aliphatic carbocycles. The summed E-state index contributed by atoms with van der Waals surface area (Å²) < 4.78 is 3.14. The second kappa shape index (κ2) is 5.05. The molecule has 5 heteroatoms. The number of nitrogens with two attached hydrogens (primary N) is 1. The van der Waals surface area contributed by atoms with E-state index in [1.807, 2.05) is 12.1 Å². The molecule has 0 aliphatic heterocycles. The fraction of sp³-hybridized carbons (Fsp3) is 0.333. The molecular formula is C15H17BrN4. The molecule has 3 aromatic rings. The highest BCUT2D eigenvalue weighted by Gasteiger charge is 2.14. The average molecular weight is 333 g/mol. The largest absolute Gasteiger partial charge is 0.369 e. The van der Waals surface area contributed by atoms with Crippen LogP contribution in [0.15, 0.2) is 28.9 Å². The molecule has 1 unspecified atom stereocenters. The van der Waals surface area contributed by atoms with Crippen LogP contribution < -0.4 is 5.73 Å². The summed E-state index contributed by atoms with van der Waals surface area (Å²) in [6, 6.07) is 6.12. The summed E-state index contributed by atoms with van der Waals surface area (Å²) in [4.78, 5) is 8.90. The number of hydrogen-bond acceptors (Lipinski definition) is 3. The zero-order valence-corrected chi connectivity index (χ0v) is 13.2. The summed E-state index contributed by atoms with van der Waals surface area (Å²) in [5, 5.41) is 1.10. The van der Waals surface area contributed by atoms with Crippen LogP contribution in [0.25, 0.3) is 21.9 Å². The standard InChI is InChI=1S/C15H17BrN4/c1-3-9(2)8-20-14-11-5-4-10(16)6-12(11)18-7-13(14)19-15(20)17/h4-7,9H,3,8H2,1-2H3,(H2,17,19). The van der Waals surface area contributed by atoms with Gasteiger partial charge in [0.25, 0.3) is 0 Å². The van der Waals surface area contributed by atoms with E-state index in [-0.39, 0.29) is 0 Å². The maximum atomic E-state index is 6.09. The topological polar surface area (TPSA) is 56.7 Å². The minimum atomic E-state index is 0.563. The Morgan fingerprint density at radius 1 is 1.35 bits per heavy atom. The Balaban J connectivity index is 2.30. The van der Waals surface area contributed by atoms with Crippen LogP contribution in [0.5, 0.6) is 0 Å². The van der Waals surface area contributed by atoms with E-state index in [9.17, 15) is 0 Å². The summed E-state index contributed by atoms with van der Waals surface area (Å²) >= 11 is 3.48. The van der Waals surface area contributed by atoms with Gasteiger partial charge in [-0.15, -0.1) is 0 Å². The van der Waals surface area contributed by atoms with Crippen molar-refractivity contribution in [2.24, 2.45) is 5.92 Å². The van der Waals surface area contributed by atoms with Crippen molar-refractivity contribution >= 4 is 43.8 Å². The lowest BCUT2D eigenvalue weighted by molar-refractivity contribution is 0.480. The number of imidazole rings is 1. The molecule has 20 heavy (non-hydrogen) atoms. The molecule has 0 fully saturated rings. The first-order valence-electron chi connectivity index (χ1n) is 6.80. The smallest absolute Gasteiger partial charge is 0.201 e. The number of aromatic nitrogens is 3. The summed E-state index contributed by atoms with van der Waals surface area (Å²) in [6.07, 6.45) is 2.92. The molecule has 2 N–H and O–H groups in total. The molecule has 2 aromatic heterocycles. The van der Waals surface area contributed by atoms with Gasteiger partial charge in [0.15, 0.2) is 0 Å². The Kier molecular flexibility index (Phi) is 3.38. The summed E-state index contributed by atoms with van der Waals surface area (Å²) in [6.45, 7) is 5.30. The first-order valence-corrected chi connectivity index (χ1v) is 7.59. The predicted molar refractivity (Wildman–Crippen MR) is 86.6 cm³/mol. The van der Waals surface area contributed by atoms with E-state index in [2.05, 4.69) is 50.4 Å². The number of hydrogen-bond donors (Lipinski definition) is 1. The van der Waals surface area contributed by atoms with Crippen molar-refractivity contribution in [1.29, 1.82) is 0 Å². The maximum absolute atomic E-state index is 6.09. The van der Waals surface area contributed by atoms with Gasteiger partial charge in [-0.25, -0.2) is 4.98 Å². The first kappa shape index (κ1) is 13.4. The monoisotopic (exact) mass is 332 g/mol. The van der Waals surface area contributed by atoms with Crippen LogP contribution >= 0.6 is 15.9 Å². The summed E-state index contributed by atoms with van der Waals surface area (Å²) in [5.41, 5.74) is 8.99. The van der Waals surface area contributed by atoms with Gasteiger partial charge in [-0.1, -0.05) is 36.2 Å². The molecule has 1 aromatic carbocycles. The summed E-state index contributed by atoms with van der Waals surface area (Å²) in [5.74, 6) is 1.13. The van der Waals surface area contributed by atoms with Gasteiger partial charge in [0.1, 0.15) is 5.52 Å². The minimum absolute atomic E-state index is 0.563. The van der Waals surface area contributed by atoms with Crippen molar-refractivity contribution in [1.82, 2.24) is 14.5 Å². The van der Waals surface area contributed by atoms with E-state index in [4.69, 9.17) is 5.73 Å². The first-order chi connectivity index (χ1) is 9.60. The van der Waals surface area contributed by atoms with Gasteiger partial charge in [-0.05, 0) is 24.1 Å². The Labute approximate surface area is 126 Å². The van der Waals surface area contributed by atoms with E-state index in [1.54, 1.807) is 6.20 Å². The molecule has 0 radical (unpaired) electrons. The van der Waals surface area contributed by atoms with Crippen molar-refractivity contribution in [3.8, 4) is 0 Å². The lowest BCUT2D eigenvalue weighted by Crippen LogP contribution is -2.09. The Hall–Kier alpha value is -1.62. The quantitative estimate of drug-likeness (QED) is 0.789. The van der Waals surface area contributed by atoms with Gasteiger partial charge in [0.05, 0.1) is 17.2 Å². The van der Waals surface area contributed by atoms with Crippen LogP contribution in [-0.2, 0) is 6.54 Å². The zero-order valence-electron chi connectivity index (χ0n) is 11.6.